The van der Waals surface area contributed by atoms with Gasteiger partial charge in [0.25, 0.3) is 11.8 Å². The first-order chi connectivity index (χ1) is 13.4. The lowest BCUT2D eigenvalue weighted by atomic mass is 10.1. The van der Waals surface area contributed by atoms with Gasteiger partial charge in [0, 0.05) is 10.0 Å². The fourth-order valence-electron chi connectivity index (χ4n) is 2.32. The number of thioether (sulfide) groups is 1. The van der Waals surface area contributed by atoms with E-state index in [1.807, 2.05) is 0 Å². The maximum Gasteiger partial charge on any atom is 0.337 e. The number of thiocarbonyl (C=S) groups is 1. The number of ether oxygens (including phenoxy) is 1. The highest BCUT2D eigenvalue weighted by molar-refractivity contribution is 9.10. The van der Waals surface area contributed by atoms with Crippen molar-refractivity contribution >= 4 is 68.1 Å². The van der Waals surface area contributed by atoms with Crippen molar-refractivity contribution in [3.05, 3.63) is 74.6 Å². The second kappa shape index (κ2) is 8.68. The molecular weight excluding hydrogens is 464 g/mol. The summed E-state index contributed by atoms with van der Waals surface area (Å²) in [4.78, 5) is 36.8. The van der Waals surface area contributed by atoms with Crippen molar-refractivity contribution in [2.24, 2.45) is 0 Å². The third-order valence-corrected chi connectivity index (χ3v) is 5.57. The first-order valence-electron chi connectivity index (χ1n) is 7.92. The molecule has 1 N–H and O–H groups in total. The van der Waals surface area contributed by atoms with Crippen LogP contribution < -0.4 is 5.43 Å². The molecule has 0 radical (unpaired) electrons. The van der Waals surface area contributed by atoms with Crippen LogP contribution >= 0.6 is 39.9 Å². The summed E-state index contributed by atoms with van der Waals surface area (Å²) in [6, 6.07) is 13.3. The number of nitrogens with zero attached hydrogens (tertiary/aromatic N) is 1. The maximum absolute atomic E-state index is 12.6. The smallest absolute Gasteiger partial charge is 0.337 e. The Morgan fingerprint density at radius 2 is 1.71 bits per heavy atom. The molecule has 2 aromatic rings. The summed E-state index contributed by atoms with van der Waals surface area (Å²) in [7, 11) is 1.31. The molecule has 0 atom stereocenters. The van der Waals surface area contributed by atoms with Crippen LogP contribution in [0.1, 0.15) is 26.3 Å². The Morgan fingerprint density at radius 3 is 2.32 bits per heavy atom. The van der Waals surface area contributed by atoms with Gasteiger partial charge in [0.05, 0.1) is 17.6 Å². The zero-order valence-electron chi connectivity index (χ0n) is 14.5. The van der Waals surface area contributed by atoms with Crippen molar-refractivity contribution in [1.82, 2.24) is 10.4 Å². The van der Waals surface area contributed by atoms with Gasteiger partial charge >= 0.3 is 5.97 Å². The van der Waals surface area contributed by atoms with Crippen LogP contribution in [0.3, 0.4) is 0 Å². The molecule has 1 aliphatic rings. The van der Waals surface area contributed by atoms with Gasteiger partial charge in [-0.25, -0.2) is 4.79 Å². The number of amides is 2. The van der Waals surface area contributed by atoms with Crippen LogP contribution in [0.15, 0.2) is 57.9 Å². The first-order valence-corrected chi connectivity index (χ1v) is 9.93. The molecule has 2 amide bonds. The van der Waals surface area contributed by atoms with Crippen LogP contribution in [0.25, 0.3) is 6.08 Å². The van der Waals surface area contributed by atoms with Gasteiger partial charge in [-0.05, 0) is 60.3 Å². The number of halogens is 1. The number of carbonyl (C=O) groups excluding carboxylic acids is 3. The van der Waals surface area contributed by atoms with Gasteiger partial charge in [-0.3, -0.25) is 15.0 Å². The van der Waals surface area contributed by atoms with Crippen molar-refractivity contribution in [2.45, 2.75) is 0 Å². The predicted octanol–water partition coefficient (Wildman–Crippen LogP) is 3.78. The molecule has 28 heavy (non-hydrogen) atoms. The van der Waals surface area contributed by atoms with Gasteiger partial charge in [-0.2, -0.15) is 5.01 Å². The van der Waals surface area contributed by atoms with Crippen molar-refractivity contribution in [3.8, 4) is 0 Å². The molecule has 9 heteroatoms. The molecule has 0 unspecified atom stereocenters. The van der Waals surface area contributed by atoms with E-state index in [1.165, 1.54) is 7.11 Å². The number of carbonyl (C=O) groups is 3. The summed E-state index contributed by atoms with van der Waals surface area (Å²) < 4.78 is 5.73. The SMILES string of the molecule is COC(=O)c1ccc(/C=C2\SC(=S)N(NC(=O)c3ccc(Br)cc3)C2=O)cc1. The molecular formula is C19H13BrN2O4S2. The average molecular weight is 477 g/mol. The number of esters is 1. The highest BCUT2D eigenvalue weighted by Gasteiger charge is 2.33. The lowest BCUT2D eigenvalue weighted by molar-refractivity contribution is -0.123. The third kappa shape index (κ3) is 4.49. The van der Waals surface area contributed by atoms with Crippen LogP contribution in [0.4, 0.5) is 0 Å². The van der Waals surface area contributed by atoms with E-state index in [1.54, 1.807) is 54.6 Å². The molecule has 1 saturated heterocycles. The standard InChI is InChI=1S/C19H13BrN2O4S2/c1-26-18(25)13-4-2-11(3-5-13)10-15-17(24)22(19(27)28-15)21-16(23)12-6-8-14(20)9-7-12/h2-10H,1H3,(H,21,23)/b15-10-. The molecule has 0 aliphatic carbocycles. The Bertz CT molecular complexity index is 988. The normalized spacial score (nSPS) is 15.1. The number of methoxy groups -OCH3 is 1. The first kappa shape index (κ1) is 20.2. The van der Waals surface area contributed by atoms with Crippen LogP contribution in [0, 0.1) is 0 Å². The Hall–Kier alpha value is -2.49. The predicted molar refractivity (Wildman–Crippen MR) is 114 cm³/mol. The van der Waals surface area contributed by atoms with Crippen molar-refractivity contribution < 1.29 is 19.1 Å². The minimum absolute atomic E-state index is 0.230. The van der Waals surface area contributed by atoms with Crippen molar-refractivity contribution in [1.29, 1.82) is 0 Å². The minimum Gasteiger partial charge on any atom is -0.465 e. The van der Waals surface area contributed by atoms with E-state index in [4.69, 9.17) is 12.2 Å². The minimum atomic E-state index is -0.438. The van der Waals surface area contributed by atoms with E-state index in [0.717, 1.165) is 21.2 Å². The van der Waals surface area contributed by atoms with E-state index in [-0.39, 0.29) is 4.32 Å². The van der Waals surface area contributed by atoms with E-state index < -0.39 is 17.8 Å². The molecule has 2 aromatic carbocycles. The number of hydrazine groups is 1. The molecule has 0 spiro atoms. The number of hydrogen-bond acceptors (Lipinski definition) is 6. The highest BCUT2D eigenvalue weighted by atomic mass is 79.9. The van der Waals surface area contributed by atoms with Gasteiger partial charge in [0.15, 0.2) is 4.32 Å². The summed E-state index contributed by atoms with van der Waals surface area (Å²) >= 11 is 9.60. The molecule has 6 nitrogen and oxygen atoms in total. The number of rotatable bonds is 4. The summed E-state index contributed by atoms with van der Waals surface area (Å²) in [5, 5.41) is 1.05. The quantitative estimate of drug-likeness (QED) is 0.411. The van der Waals surface area contributed by atoms with Gasteiger partial charge < -0.3 is 4.74 Å². The average Bonchev–Trinajstić information content (AvgIpc) is 2.95. The molecule has 142 valence electrons. The lowest BCUT2D eigenvalue weighted by Crippen LogP contribution is -2.44. The summed E-state index contributed by atoms with van der Waals surface area (Å²) in [5.74, 6) is -1.29. The number of nitrogens with one attached hydrogen (secondary N) is 1. The fraction of sp³-hybridized carbons (Fsp3) is 0.0526. The zero-order valence-corrected chi connectivity index (χ0v) is 17.7. The van der Waals surface area contributed by atoms with Gasteiger partial charge in [0.2, 0.25) is 0 Å². The Labute approximate surface area is 179 Å². The van der Waals surface area contributed by atoms with E-state index in [0.29, 0.717) is 21.6 Å². The Kier molecular flexibility index (Phi) is 6.28. The lowest BCUT2D eigenvalue weighted by Gasteiger charge is -2.15. The zero-order chi connectivity index (χ0) is 20.3. The molecule has 0 aromatic heterocycles. The summed E-state index contributed by atoms with van der Waals surface area (Å²) in [6.45, 7) is 0. The van der Waals surface area contributed by atoms with E-state index >= 15 is 0 Å². The second-order valence-electron chi connectivity index (χ2n) is 5.58. The topological polar surface area (TPSA) is 75.7 Å². The van der Waals surface area contributed by atoms with Crippen molar-refractivity contribution in [3.63, 3.8) is 0 Å². The summed E-state index contributed by atoms with van der Waals surface area (Å²) in [5.41, 5.74) is 4.06. The fourth-order valence-corrected chi connectivity index (χ4v) is 3.76. The molecule has 1 fully saturated rings. The molecule has 0 saturated carbocycles. The molecule has 1 aliphatic heterocycles. The monoisotopic (exact) mass is 476 g/mol. The Balaban J connectivity index is 1.74. The van der Waals surface area contributed by atoms with Gasteiger partial charge in [-0.1, -0.05) is 39.8 Å². The molecule has 1 heterocycles. The van der Waals surface area contributed by atoms with E-state index in [9.17, 15) is 14.4 Å². The number of hydrogen-bond donors (Lipinski definition) is 1. The van der Waals surface area contributed by atoms with Gasteiger partial charge in [0.1, 0.15) is 0 Å². The van der Waals surface area contributed by atoms with Crippen LogP contribution in [-0.2, 0) is 9.53 Å². The largest absolute Gasteiger partial charge is 0.465 e. The highest BCUT2D eigenvalue weighted by Crippen LogP contribution is 2.31. The third-order valence-electron chi connectivity index (χ3n) is 3.74. The second-order valence-corrected chi connectivity index (χ2v) is 8.17. The van der Waals surface area contributed by atoms with Crippen LogP contribution in [0.5, 0.6) is 0 Å². The van der Waals surface area contributed by atoms with Crippen LogP contribution in [0.2, 0.25) is 0 Å². The Morgan fingerprint density at radius 1 is 1.11 bits per heavy atom. The van der Waals surface area contributed by atoms with Crippen LogP contribution in [-0.4, -0.2) is 34.2 Å². The molecule has 3 rings (SSSR count). The van der Waals surface area contributed by atoms with E-state index in [2.05, 4.69) is 26.1 Å². The molecule has 0 bridgehead atoms. The maximum atomic E-state index is 12.6. The number of benzene rings is 2. The van der Waals surface area contributed by atoms with Gasteiger partial charge in [-0.15, -0.1) is 0 Å². The van der Waals surface area contributed by atoms with Crippen molar-refractivity contribution in [2.75, 3.05) is 7.11 Å². The summed E-state index contributed by atoms with van der Waals surface area (Å²) in [6.07, 6.45) is 1.64.